The van der Waals surface area contributed by atoms with Gasteiger partial charge in [0, 0.05) is 5.69 Å². The number of hydrogen-bond acceptors (Lipinski definition) is 3. The van der Waals surface area contributed by atoms with Crippen molar-refractivity contribution in [2.75, 3.05) is 12.3 Å². The van der Waals surface area contributed by atoms with Gasteiger partial charge >= 0.3 is 0 Å². The van der Waals surface area contributed by atoms with Crippen LogP contribution in [0.2, 0.25) is 0 Å². The van der Waals surface area contributed by atoms with Crippen molar-refractivity contribution in [3.05, 3.63) is 29.8 Å². The van der Waals surface area contributed by atoms with Crippen LogP contribution in [0.4, 0.5) is 5.69 Å². The van der Waals surface area contributed by atoms with Crippen molar-refractivity contribution in [1.82, 2.24) is 0 Å². The van der Waals surface area contributed by atoms with Crippen LogP contribution in [0.15, 0.2) is 24.3 Å². The Hall–Kier alpha value is -1.51. The van der Waals surface area contributed by atoms with Crippen molar-refractivity contribution in [3.63, 3.8) is 0 Å². The highest BCUT2D eigenvalue weighted by Gasteiger charge is 1.94. The standard InChI is InChI=1S/C13H19NO2/c14-13-8-6-12(7-9-13)5-3-1-2-4-10-16-11-15/h6-9,11H,1-5,10,14H2. The Morgan fingerprint density at radius 2 is 1.75 bits per heavy atom. The monoisotopic (exact) mass is 221 g/mol. The van der Waals surface area contributed by atoms with Gasteiger partial charge < -0.3 is 10.5 Å². The minimum Gasteiger partial charge on any atom is -0.468 e. The van der Waals surface area contributed by atoms with E-state index in [0.717, 1.165) is 24.9 Å². The summed E-state index contributed by atoms with van der Waals surface area (Å²) in [5, 5.41) is 0. The van der Waals surface area contributed by atoms with E-state index in [0.29, 0.717) is 13.1 Å². The molecule has 0 saturated heterocycles. The maximum Gasteiger partial charge on any atom is 0.293 e. The highest BCUT2D eigenvalue weighted by molar-refractivity contribution is 5.39. The smallest absolute Gasteiger partial charge is 0.293 e. The van der Waals surface area contributed by atoms with Crippen molar-refractivity contribution in [1.29, 1.82) is 0 Å². The van der Waals surface area contributed by atoms with E-state index >= 15 is 0 Å². The fraction of sp³-hybridized carbons (Fsp3) is 0.462. The molecule has 0 aliphatic rings. The molecule has 2 N–H and O–H groups in total. The summed E-state index contributed by atoms with van der Waals surface area (Å²) < 4.78 is 4.62. The number of ether oxygens (including phenoxy) is 1. The lowest BCUT2D eigenvalue weighted by Crippen LogP contribution is -1.92. The van der Waals surface area contributed by atoms with Gasteiger partial charge in [-0.2, -0.15) is 0 Å². The van der Waals surface area contributed by atoms with Gasteiger partial charge in [0.1, 0.15) is 0 Å². The van der Waals surface area contributed by atoms with Crippen molar-refractivity contribution < 1.29 is 9.53 Å². The first-order valence-corrected chi connectivity index (χ1v) is 5.72. The maximum atomic E-state index is 9.87. The maximum absolute atomic E-state index is 9.87. The molecule has 1 aromatic carbocycles. The number of unbranched alkanes of at least 4 members (excludes halogenated alkanes) is 3. The molecule has 0 unspecified atom stereocenters. The van der Waals surface area contributed by atoms with Gasteiger partial charge in [0.2, 0.25) is 0 Å². The van der Waals surface area contributed by atoms with Crippen LogP contribution in [0.3, 0.4) is 0 Å². The fourth-order valence-corrected chi connectivity index (χ4v) is 1.60. The van der Waals surface area contributed by atoms with Crippen LogP contribution in [-0.4, -0.2) is 13.1 Å². The molecule has 0 fully saturated rings. The van der Waals surface area contributed by atoms with Gasteiger partial charge in [-0.3, -0.25) is 4.79 Å². The van der Waals surface area contributed by atoms with Gasteiger partial charge in [-0.15, -0.1) is 0 Å². The van der Waals surface area contributed by atoms with E-state index in [9.17, 15) is 4.79 Å². The molecule has 0 aliphatic carbocycles. The normalized spacial score (nSPS) is 10.0. The number of carbonyl (C=O) groups excluding carboxylic acids is 1. The molecule has 0 atom stereocenters. The molecule has 0 radical (unpaired) electrons. The summed E-state index contributed by atoms with van der Waals surface area (Å²) in [6.07, 6.45) is 5.51. The van der Waals surface area contributed by atoms with Crippen molar-refractivity contribution in [2.45, 2.75) is 32.1 Å². The Balaban J connectivity index is 2.02. The van der Waals surface area contributed by atoms with Crippen molar-refractivity contribution in [2.24, 2.45) is 0 Å². The minimum atomic E-state index is 0.508. The van der Waals surface area contributed by atoms with E-state index in [4.69, 9.17) is 5.73 Å². The molecule has 1 rings (SSSR count). The topological polar surface area (TPSA) is 52.3 Å². The summed E-state index contributed by atoms with van der Waals surface area (Å²) >= 11 is 0. The number of carbonyl (C=O) groups is 1. The largest absolute Gasteiger partial charge is 0.468 e. The highest BCUT2D eigenvalue weighted by atomic mass is 16.5. The molecule has 0 heterocycles. The first-order valence-electron chi connectivity index (χ1n) is 5.72. The van der Waals surface area contributed by atoms with E-state index in [1.54, 1.807) is 0 Å². The van der Waals surface area contributed by atoms with Crippen LogP contribution in [0.1, 0.15) is 31.2 Å². The average Bonchev–Trinajstić information content (AvgIpc) is 2.30. The summed E-state index contributed by atoms with van der Waals surface area (Å²) in [5.41, 5.74) is 7.75. The molecular weight excluding hydrogens is 202 g/mol. The van der Waals surface area contributed by atoms with E-state index in [2.05, 4.69) is 16.9 Å². The molecule has 0 bridgehead atoms. The first kappa shape index (κ1) is 12.6. The van der Waals surface area contributed by atoms with Gasteiger partial charge in [-0.05, 0) is 37.0 Å². The fourth-order valence-electron chi connectivity index (χ4n) is 1.60. The third kappa shape index (κ3) is 5.39. The number of anilines is 1. The average molecular weight is 221 g/mol. The van der Waals surface area contributed by atoms with Gasteiger partial charge in [0.25, 0.3) is 6.47 Å². The van der Waals surface area contributed by atoms with E-state index in [1.807, 2.05) is 12.1 Å². The molecule has 3 heteroatoms. The number of nitrogens with two attached hydrogens (primary N) is 1. The molecule has 16 heavy (non-hydrogen) atoms. The molecule has 88 valence electrons. The SMILES string of the molecule is Nc1ccc(CCCCCCOC=O)cc1. The lowest BCUT2D eigenvalue weighted by atomic mass is 10.1. The van der Waals surface area contributed by atoms with Gasteiger partial charge in [-0.1, -0.05) is 25.0 Å². The second-order valence-corrected chi connectivity index (χ2v) is 3.87. The van der Waals surface area contributed by atoms with Gasteiger partial charge in [-0.25, -0.2) is 0 Å². The van der Waals surface area contributed by atoms with Crippen LogP contribution in [-0.2, 0) is 16.0 Å². The lowest BCUT2D eigenvalue weighted by molar-refractivity contribution is -0.128. The molecule has 0 amide bonds. The third-order valence-electron chi connectivity index (χ3n) is 2.53. The Labute approximate surface area is 96.6 Å². The van der Waals surface area contributed by atoms with Gasteiger partial charge in [0.05, 0.1) is 6.61 Å². The zero-order valence-electron chi connectivity index (χ0n) is 9.52. The Morgan fingerprint density at radius 3 is 2.44 bits per heavy atom. The van der Waals surface area contributed by atoms with Crippen LogP contribution < -0.4 is 5.73 Å². The predicted molar refractivity (Wildman–Crippen MR) is 65.0 cm³/mol. The molecule has 1 aromatic rings. The highest BCUT2D eigenvalue weighted by Crippen LogP contribution is 2.10. The molecular formula is C13H19NO2. The molecule has 0 aromatic heterocycles. The Bertz CT molecular complexity index is 295. The van der Waals surface area contributed by atoms with Crippen LogP contribution in [0, 0.1) is 0 Å². The number of benzene rings is 1. The van der Waals surface area contributed by atoms with E-state index in [-0.39, 0.29) is 0 Å². The van der Waals surface area contributed by atoms with Crippen LogP contribution in [0.25, 0.3) is 0 Å². The molecule has 0 spiro atoms. The quantitative estimate of drug-likeness (QED) is 0.417. The molecule has 0 saturated carbocycles. The Kier molecular flexibility index (Phi) is 6.07. The summed E-state index contributed by atoms with van der Waals surface area (Å²) in [4.78, 5) is 9.87. The van der Waals surface area contributed by atoms with E-state index in [1.165, 1.54) is 18.4 Å². The summed E-state index contributed by atoms with van der Waals surface area (Å²) in [6, 6.07) is 8.02. The second-order valence-electron chi connectivity index (χ2n) is 3.87. The zero-order chi connectivity index (χ0) is 11.6. The summed E-state index contributed by atoms with van der Waals surface area (Å²) in [5.74, 6) is 0. The Morgan fingerprint density at radius 1 is 1.06 bits per heavy atom. The van der Waals surface area contributed by atoms with Gasteiger partial charge in [0.15, 0.2) is 0 Å². The third-order valence-corrected chi connectivity index (χ3v) is 2.53. The summed E-state index contributed by atoms with van der Waals surface area (Å²) in [7, 11) is 0. The number of hydrogen-bond donors (Lipinski definition) is 1. The first-order chi connectivity index (χ1) is 7.83. The van der Waals surface area contributed by atoms with Crippen molar-refractivity contribution >= 4 is 12.2 Å². The predicted octanol–water partition coefficient (Wildman–Crippen LogP) is 2.54. The minimum absolute atomic E-state index is 0.508. The van der Waals surface area contributed by atoms with Crippen LogP contribution >= 0.6 is 0 Å². The molecule has 0 aliphatic heterocycles. The number of nitrogen functional groups attached to an aromatic ring is 1. The van der Waals surface area contributed by atoms with Crippen molar-refractivity contribution in [3.8, 4) is 0 Å². The number of aryl methyl sites for hydroxylation is 1. The zero-order valence-corrected chi connectivity index (χ0v) is 9.52. The lowest BCUT2D eigenvalue weighted by Gasteiger charge is -2.02. The molecule has 3 nitrogen and oxygen atoms in total. The summed E-state index contributed by atoms with van der Waals surface area (Å²) in [6.45, 7) is 1.06. The second kappa shape index (κ2) is 7.74. The van der Waals surface area contributed by atoms with Crippen LogP contribution in [0.5, 0.6) is 0 Å². The van der Waals surface area contributed by atoms with E-state index < -0.39 is 0 Å². The number of rotatable bonds is 8.